The van der Waals surface area contributed by atoms with E-state index in [0.29, 0.717) is 5.75 Å². The van der Waals surface area contributed by atoms with Gasteiger partial charge in [0.1, 0.15) is 0 Å². The summed E-state index contributed by atoms with van der Waals surface area (Å²) in [6.07, 6.45) is 1.68. The monoisotopic (exact) mass is 152 g/mol. The fourth-order valence-electron chi connectivity index (χ4n) is 0.152. The van der Waals surface area contributed by atoms with Crippen molar-refractivity contribution in [1.82, 2.24) is 0 Å². The molecule has 0 saturated carbocycles. The van der Waals surface area contributed by atoms with Gasteiger partial charge in [-0.25, -0.2) is 4.21 Å². The fourth-order valence-corrected chi connectivity index (χ4v) is 1.37. The minimum absolute atomic E-state index is 0.667. The SMILES string of the molecule is C=CCSS(=O)OC. The van der Waals surface area contributed by atoms with Crippen molar-refractivity contribution in [2.75, 3.05) is 12.9 Å². The van der Waals surface area contributed by atoms with E-state index in [2.05, 4.69) is 10.8 Å². The lowest BCUT2D eigenvalue weighted by molar-refractivity contribution is 0.458. The van der Waals surface area contributed by atoms with Gasteiger partial charge in [0.05, 0.1) is 7.11 Å². The first-order valence-electron chi connectivity index (χ1n) is 2.01. The second-order valence-electron chi connectivity index (χ2n) is 0.944. The van der Waals surface area contributed by atoms with Crippen LogP contribution in [0.15, 0.2) is 12.7 Å². The molecule has 0 aromatic carbocycles. The molecule has 4 heteroatoms. The maximum Gasteiger partial charge on any atom is 0.219 e. The molecule has 1 atom stereocenters. The molecule has 0 aliphatic rings. The van der Waals surface area contributed by atoms with Crippen molar-refractivity contribution in [3.05, 3.63) is 12.7 Å². The molecular weight excluding hydrogens is 144 g/mol. The van der Waals surface area contributed by atoms with Crippen LogP contribution in [0, 0.1) is 0 Å². The van der Waals surface area contributed by atoms with Gasteiger partial charge in [-0.05, 0) is 10.8 Å². The van der Waals surface area contributed by atoms with Crippen molar-refractivity contribution >= 4 is 20.9 Å². The molecule has 0 spiro atoms. The van der Waals surface area contributed by atoms with Crippen molar-refractivity contribution in [3.63, 3.8) is 0 Å². The van der Waals surface area contributed by atoms with Gasteiger partial charge in [0, 0.05) is 5.75 Å². The molecule has 0 N–H and O–H groups in total. The number of hydrogen-bond donors (Lipinski definition) is 0. The summed E-state index contributed by atoms with van der Waals surface area (Å²) in [4.78, 5) is 0. The zero-order valence-electron chi connectivity index (χ0n) is 4.62. The highest BCUT2D eigenvalue weighted by Gasteiger charge is 1.91. The molecule has 0 aliphatic heterocycles. The molecule has 1 unspecified atom stereocenters. The van der Waals surface area contributed by atoms with Gasteiger partial charge in [0.2, 0.25) is 10.1 Å². The molecule has 0 radical (unpaired) electrons. The predicted molar refractivity (Wildman–Crippen MR) is 37.8 cm³/mol. The standard InChI is InChI=1S/C4H8O2S2/c1-3-4-7-8(5)6-2/h3H,1,4H2,2H3. The maximum absolute atomic E-state index is 10.4. The first-order chi connectivity index (χ1) is 3.81. The summed E-state index contributed by atoms with van der Waals surface area (Å²) < 4.78 is 14.8. The minimum Gasteiger partial charge on any atom is -0.285 e. The molecule has 0 bridgehead atoms. The van der Waals surface area contributed by atoms with Crippen molar-refractivity contribution in [2.24, 2.45) is 0 Å². The van der Waals surface area contributed by atoms with Gasteiger partial charge < -0.3 is 0 Å². The van der Waals surface area contributed by atoms with Crippen LogP contribution in [-0.2, 0) is 14.3 Å². The summed E-state index contributed by atoms with van der Waals surface area (Å²) in [7, 11) is 1.44. The molecule has 0 heterocycles. The van der Waals surface area contributed by atoms with Crippen LogP contribution in [0.1, 0.15) is 0 Å². The zero-order valence-corrected chi connectivity index (χ0v) is 6.26. The molecule has 48 valence electrons. The Morgan fingerprint density at radius 2 is 2.62 bits per heavy atom. The Morgan fingerprint density at radius 3 is 3.00 bits per heavy atom. The highest BCUT2D eigenvalue weighted by molar-refractivity contribution is 8.67. The highest BCUT2D eigenvalue weighted by Crippen LogP contribution is 2.06. The van der Waals surface area contributed by atoms with Crippen molar-refractivity contribution in [2.45, 2.75) is 0 Å². The van der Waals surface area contributed by atoms with E-state index >= 15 is 0 Å². The van der Waals surface area contributed by atoms with E-state index in [1.807, 2.05) is 0 Å². The second kappa shape index (κ2) is 5.34. The molecular formula is C4H8O2S2. The fraction of sp³-hybridized carbons (Fsp3) is 0.500. The Bertz CT molecular complexity index is 92.0. The molecule has 0 rings (SSSR count). The second-order valence-corrected chi connectivity index (χ2v) is 3.78. The number of hydrogen-bond acceptors (Lipinski definition) is 3. The summed E-state index contributed by atoms with van der Waals surface area (Å²) in [6, 6.07) is 0. The van der Waals surface area contributed by atoms with Gasteiger partial charge in [0.15, 0.2) is 0 Å². The summed E-state index contributed by atoms with van der Waals surface area (Å²) in [5.41, 5.74) is 0. The van der Waals surface area contributed by atoms with Gasteiger partial charge in [-0.15, -0.1) is 6.58 Å². The quantitative estimate of drug-likeness (QED) is 0.446. The highest BCUT2D eigenvalue weighted by atomic mass is 33.1. The van der Waals surface area contributed by atoms with E-state index in [-0.39, 0.29) is 0 Å². The predicted octanol–water partition coefficient (Wildman–Crippen LogP) is 1.13. The van der Waals surface area contributed by atoms with Gasteiger partial charge in [0.25, 0.3) is 0 Å². The third-order valence-electron chi connectivity index (χ3n) is 0.418. The lowest BCUT2D eigenvalue weighted by atomic mass is 10.8. The van der Waals surface area contributed by atoms with Crippen LogP contribution in [0.25, 0.3) is 0 Å². The van der Waals surface area contributed by atoms with Crippen LogP contribution < -0.4 is 0 Å². The summed E-state index contributed by atoms with van der Waals surface area (Å²) in [6.45, 7) is 3.46. The van der Waals surface area contributed by atoms with E-state index < -0.39 is 10.1 Å². The Morgan fingerprint density at radius 1 is 2.00 bits per heavy atom. The van der Waals surface area contributed by atoms with Crippen molar-refractivity contribution in [3.8, 4) is 0 Å². The molecule has 0 aromatic rings. The Kier molecular flexibility index (Phi) is 5.47. The smallest absolute Gasteiger partial charge is 0.219 e. The molecule has 0 aliphatic carbocycles. The average molecular weight is 152 g/mol. The van der Waals surface area contributed by atoms with Crippen LogP contribution in [0.2, 0.25) is 0 Å². The summed E-state index contributed by atoms with van der Waals surface area (Å²) in [5.74, 6) is 0.667. The minimum atomic E-state index is -1.18. The van der Waals surface area contributed by atoms with Gasteiger partial charge in [-0.3, -0.25) is 4.18 Å². The zero-order chi connectivity index (χ0) is 6.41. The maximum atomic E-state index is 10.4. The molecule has 0 amide bonds. The summed E-state index contributed by atoms with van der Waals surface area (Å²) in [5, 5.41) is 0. The van der Waals surface area contributed by atoms with Gasteiger partial charge in [-0.1, -0.05) is 6.08 Å². The van der Waals surface area contributed by atoms with Crippen LogP contribution >= 0.6 is 10.8 Å². The Labute approximate surface area is 55.4 Å². The lowest BCUT2D eigenvalue weighted by Crippen LogP contribution is -1.84. The first-order valence-corrected chi connectivity index (χ1v) is 4.59. The van der Waals surface area contributed by atoms with Gasteiger partial charge in [-0.2, -0.15) is 0 Å². The number of rotatable bonds is 4. The Hall–Kier alpha value is 0.200. The van der Waals surface area contributed by atoms with E-state index in [9.17, 15) is 4.21 Å². The van der Waals surface area contributed by atoms with Crippen LogP contribution in [0.5, 0.6) is 0 Å². The van der Waals surface area contributed by atoms with E-state index in [1.165, 1.54) is 17.9 Å². The Balaban J connectivity index is 3.11. The molecule has 0 aromatic heterocycles. The average Bonchev–Trinajstić information content (AvgIpc) is 1.83. The van der Waals surface area contributed by atoms with E-state index in [4.69, 9.17) is 0 Å². The van der Waals surface area contributed by atoms with Crippen molar-refractivity contribution < 1.29 is 8.39 Å². The van der Waals surface area contributed by atoms with Gasteiger partial charge >= 0.3 is 0 Å². The van der Waals surface area contributed by atoms with Crippen LogP contribution in [0.3, 0.4) is 0 Å². The summed E-state index contributed by atoms with van der Waals surface area (Å²) >= 11 is 0. The largest absolute Gasteiger partial charge is 0.285 e. The van der Waals surface area contributed by atoms with Crippen LogP contribution in [0.4, 0.5) is 0 Å². The topological polar surface area (TPSA) is 26.3 Å². The first kappa shape index (κ1) is 8.20. The molecule has 2 nitrogen and oxygen atoms in total. The third kappa shape index (κ3) is 4.36. The normalized spacial score (nSPS) is 13.1. The lowest BCUT2D eigenvalue weighted by Gasteiger charge is -1.90. The van der Waals surface area contributed by atoms with E-state index in [0.717, 1.165) is 0 Å². The molecule has 0 fully saturated rings. The van der Waals surface area contributed by atoms with Crippen molar-refractivity contribution in [1.29, 1.82) is 0 Å². The molecule has 0 saturated heterocycles. The van der Waals surface area contributed by atoms with E-state index in [1.54, 1.807) is 6.08 Å². The third-order valence-corrected chi connectivity index (χ3v) is 2.65. The van der Waals surface area contributed by atoms with Crippen LogP contribution in [-0.4, -0.2) is 17.1 Å². The molecule has 8 heavy (non-hydrogen) atoms.